The molecule has 1 N–H and O–H groups in total. The van der Waals surface area contributed by atoms with Crippen LogP contribution in [0.1, 0.15) is 45.4 Å². The standard InChI is InChI=1S/C16H30N2O/c1-2-3-15-12-18(11-13-6-8-19-9-7-13)16(10-17-15)14-4-5-14/h13-17H,2-12H2,1H3. The summed E-state index contributed by atoms with van der Waals surface area (Å²) in [6.45, 7) is 8.13. The molecule has 0 amide bonds. The number of ether oxygens (including phenoxy) is 1. The van der Waals surface area contributed by atoms with Crippen LogP contribution in [-0.2, 0) is 4.74 Å². The first kappa shape index (κ1) is 13.8. The zero-order valence-electron chi connectivity index (χ0n) is 12.4. The van der Waals surface area contributed by atoms with Crippen LogP contribution in [0.4, 0.5) is 0 Å². The zero-order chi connectivity index (χ0) is 13.1. The smallest absolute Gasteiger partial charge is 0.0469 e. The van der Waals surface area contributed by atoms with Gasteiger partial charge in [-0.3, -0.25) is 4.90 Å². The van der Waals surface area contributed by atoms with E-state index in [0.717, 1.165) is 37.1 Å². The maximum atomic E-state index is 5.50. The molecule has 1 saturated carbocycles. The molecule has 2 aliphatic heterocycles. The van der Waals surface area contributed by atoms with Gasteiger partial charge in [0.1, 0.15) is 0 Å². The molecule has 0 bridgehead atoms. The third-order valence-corrected chi connectivity index (χ3v) is 5.18. The topological polar surface area (TPSA) is 24.5 Å². The molecule has 0 radical (unpaired) electrons. The Bertz CT molecular complexity index is 274. The van der Waals surface area contributed by atoms with E-state index in [1.54, 1.807) is 0 Å². The van der Waals surface area contributed by atoms with Gasteiger partial charge in [0.15, 0.2) is 0 Å². The van der Waals surface area contributed by atoms with Gasteiger partial charge in [-0.05, 0) is 43.9 Å². The quantitative estimate of drug-likeness (QED) is 0.826. The highest BCUT2D eigenvalue weighted by atomic mass is 16.5. The maximum Gasteiger partial charge on any atom is 0.0469 e. The molecule has 2 atom stereocenters. The van der Waals surface area contributed by atoms with Gasteiger partial charge >= 0.3 is 0 Å². The molecule has 110 valence electrons. The second kappa shape index (κ2) is 6.55. The number of nitrogens with zero attached hydrogens (tertiary/aromatic N) is 1. The van der Waals surface area contributed by atoms with Crippen molar-refractivity contribution >= 4 is 0 Å². The SMILES string of the molecule is CCCC1CN(CC2CCOCC2)C(C2CC2)CN1. The lowest BCUT2D eigenvalue weighted by atomic mass is 9.95. The van der Waals surface area contributed by atoms with Crippen LogP contribution in [0.15, 0.2) is 0 Å². The second-order valence-electron chi connectivity index (χ2n) is 6.81. The van der Waals surface area contributed by atoms with Crippen LogP contribution in [0, 0.1) is 11.8 Å². The minimum Gasteiger partial charge on any atom is -0.381 e. The van der Waals surface area contributed by atoms with Crippen molar-refractivity contribution in [2.45, 2.75) is 57.5 Å². The summed E-state index contributed by atoms with van der Waals surface area (Å²) in [6, 6.07) is 1.57. The maximum absolute atomic E-state index is 5.50. The molecule has 2 saturated heterocycles. The highest BCUT2D eigenvalue weighted by Crippen LogP contribution is 2.37. The number of hydrogen-bond donors (Lipinski definition) is 1. The molecule has 2 unspecified atom stereocenters. The highest BCUT2D eigenvalue weighted by Gasteiger charge is 2.39. The Labute approximate surface area is 118 Å². The Balaban J connectivity index is 1.56. The first-order valence-corrected chi connectivity index (χ1v) is 8.42. The Morgan fingerprint density at radius 3 is 2.63 bits per heavy atom. The van der Waals surface area contributed by atoms with Crippen LogP contribution in [0.3, 0.4) is 0 Å². The van der Waals surface area contributed by atoms with Gasteiger partial charge in [-0.1, -0.05) is 13.3 Å². The van der Waals surface area contributed by atoms with E-state index in [0.29, 0.717) is 0 Å². The monoisotopic (exact) mass is 266 g/mol. The van der Waals surface area contributed by atoms with Crippen molar-refractivity contribution in [2.24, 2.45) is 11.8 Å². The Morgan fingerprint density at radius 2 is 1.95 bits per heavy atom. The summed E-state index contributed by atoms with van der Waals surface area (Å²) in [7, 11) is 0. The van der Waals surface area contributed by atoms with Gasteiger partial charge in [-0.25, -0.2) is 0 Å². The van der Waals surface area contributed by atoms with Crippen molar-refractivity contribution in [2.75, 3.05) is 32.8 Å². The normalized spacial score (nSPS) is 34.6. The van der Waals surface area contributed by atoms with Crippen LogP contribution in [0.5, 0.6) is 0 Å². The molecule has 0 aromatic rings. The summed E-state index contributed by atoms with van der Waals surface area (Å²) in [5, 5.41) is 3.79. The average Bonchev–Trinajstić information content (AvgIpc) is 3.25. The van der Waals surface area contributed by atoms with E-state index in [9.17, 15) is 0 Å². The molecule has 3 nitrogen and oxygen atoms in total. The third-order valence-electron chi connectivity index (χ3n) is 5.18. The molecule has 0 aromatic heterocycles. The molecule has 2 heterocycles. The van der Waals surface area contributed by atoms with Gasteiger partial charge in [0.05, 0.1) is 0 Å². The Kier molecular flexibility index (Phi) is 4.78. The van der Waals surface area contributed by atoms with Crippen LogP contribution in [-0.4, -0.2) is 49.8 Å². The first-order chi connectivity index (χ1) is 9.36. The molecule has 3 rings (SSSR count). The first-order valence-electron chi connectivity index (χ1n) is 8.42. The molecule has 3 fully saturated rings. The van der Waals surface area contributed by atoms with Crippen molar-refractivity contribution in [3.8, 4) is 0 Å². The van der Waals surface area contributed by atoms with Crippen LogP contribution < -0.4 is 5.32 Å². The lowest BCUT2D eigenvalue weighted by Crippen LogP contribution is -2.58. The lowest BCUT2D eigenvalue weighted by molar-refractivity contribution is 0.0313. The molecule has 1 aliphatic carbocycles. The largest absolute Gasteiger partial charge is 0.381 e. The van der Waals surface area contributed by atoms with Gasteiger partial charge < -0.3 is 10.1 Å². The number of piperazine rings is 1. The molecular formula is C16H30N2O. The Hall–Kier alpha value is -0.120. The van der Waals surface area contributed by atoms with E-state index in [2.05, 4.69) is 17.1 Å². The predicted molar refractivity (Wildman–Crippen MR) is 78.3 cm³/mol. The summed E-state index contributed by atoms with van der Waals surface area (Å²) in [6.07, 6.45) is 8.13. The summed E-state index contributed by atoms with van der Waals surface area (Å²) in [4.78, 5) is 2.84. The molecule has 0 spiro atoms. The van der Waals surface area contributed by atoms with Crippen molar-refractivity contribution in [3.05, 3.63) is 0 Å². The second-order valence-corrected chi connectivity index (χ2v) is 6.81. The number of nitrogens with one attached hydrogen (secondary N) is 1. The minimum absolute atomic E-state index is 0.736. The van der Waals surface area contributed by atoms with Gasteiger partial charge in [-0.15, -0.1) is 0 Å². The van der Waals surface area contributed by atoms with Crippen LogP contribution >= 0.6 is 0 Å². The van der Waals surface area contributed by atoms with Gasteiger partial charge in [0, 0.05) is 44.9 Å². The number of rotatable bonds is 5. The fourth-order valence-electron chi connectivity index (χ4n) is 3.86. The number of hydrogen-bond acceptors (Lipinski definition) is 3. The predicted octanol–water partition coefficient (Wildman–Crippen LogP) is 2.27. The third kappa shape index (κ3) is 3.71. The van der Waals surface area contributed by atoms with Crippen molar-refractivity contribution in [1.29, 1.82) is 0 Å². The molecule has 3 aliphatic rings. The molecule has 3 heteroatoms. The van der Waals surface area contributed by atoms with Crippen molar-refractivity contribution in [1.82, 2.24) is 10.2 Å². The van der Waals surface area contributed by atoms with E-state index in [1.807, 2.05) is 0 Å². The van der Waals surface area contributed by atoms with Crippen LogP contribution in [0.25, 0.3) is 0 Å². The average molecular weight is 266 g/mol. The van der Waals surface area contributed by atoms with E-state index in [1.165, 1.54) is 58.2 Å². The van der Waals surface area contributed by atoms with E-state index < -0.39 is 0 Å². The molecule has 19 heavy (non-hydrogen) atoms. The van der Waals surface area contributed by atoms with E-state index in [4.69, 9.17) is 4.74 Å². The van der Waals surface area contributed by atoms with Crippen molar-refractivity contribution in [3.63, 3.8) is 0 Å². The summed E-state index contributed by atoms with van der Waals surface area (Å²) in [5.41, 5.74) is 0. The minimum atomic E-state index is 0.736. The van der Waals surface area contributed by atoms with Crippen LogP contribution in [0.2, 0.25) is 0 Å². The fraction of sp³-hybridized carbons (Fsp3) is 1.00. The van der Waals surface area contributed by atoms with Gasteiger partial charge in [0.25, 0.3) is 0 Å². The fourth-order valence-corrected chi connectivity index (χ4v) is 3.86. The molecule has 0 aromatic carbocycles. The van der Waals surface area contributed by atoms with E-state index >= 15 is 0 Å². The lowest BCUT2D eigenvalue weighted by Gasteiger charge is -2.43. The summed E-state index contributed by atoms with van der Waals surface area (Å²) < 4.78 is 5.50. The summed E-state index contributed by atoms with van der Waals surface area (Å²) in [5.74, 6) is 1.88. The van der Waals surface area contributed by atoms with Gasteiger partial charge in [0.2, 0.25) is 0 Å². The molecular weight excluding hydrogens is 236 g/mol. The van der Waals surface area contributed by atoms with E-state index in [-0.39, 0.29) is 0 Å². The highest BCUT2D eigenvalue weighted by molar-refractivity contribution is 4.95. The van der Waals surface area contributed by atoms with Gasteiger partial charge in [-0.2, -0.15) is 0 Å². The summed E-state index contributed by atoms with van der Waals surface area (Å²) >= 11 is 0. The van der Waals surface area contributed by atoms with Crippen molar-refractivity contribution < 1.29 is 4.74 Å². The Morgan fingerprint density at radius 1 is 1.16 bits per heavy atom. The zero-order valence-corrected chi connectivity index (χ0v) is 12.4.